The van der Waals surface area contributed by atoms with Gasteiger partial charge in [-0.05, 0) is 36.4 Å². The lowest BCUT2D eigenvalue weighted by Crippen LogP contribution is -2.47. The van der Waals surface area contributed by atoms with Crippen LogP contribution in [0.25, 0.3) is 0 Å². The van der Waals surface area contributed by atoms with Gasteiger partial charge in [-0.25, -0.2) is 0 Å². The van der Waals surface area contributed by atoms with E-state index in [-0.39, 0.29) is 16.3 Å². The highest BCUT2D eigenvalue weighted by Gasteiger charge is 2.37. The Hall–Kier alpha value is -1.44. The summed E-state index contributed by atoms with van der Waals surface area (Å²) in [5, 5.41) is 14.1. The minimum Gasteiger partial charge on any atom is -0.459 e. The number of hydrogen-bond acceptors (Lipinski definition) is 4. The van der Waals surface area contributed by atoms with E-state index in [1.54, 1.807) is 0 Å². The van der Waals surface area contributed by atoms with Gasteiger partial charge >= 0.3 is 5.69 Å². The number of hydrogen-bond donors (Lipinski definition) is 1. The molecule has 0 spiro atoms. The zero-order valence-corrected chi connectivity index (χ0v) is 16.4. The Morgan fingerprint density at radius 1 is 1.08 bits per heavy atom. The first-order valence-corrected chi connectivity index (χ1v) is 8.70. The van der Waals surface area contributed by atoms with Crippen LogP contribution in [0.5, 0.6) is 5.75 Å². The smallest absolute Gasteiger partial charge is 0.312 e. The molecule has 1 amide bonds. The van der Waals surface area contributed by atoms with Crippen LogP contribution in [0.15, 0.2) is 42.5 Å². The molecule has 0 aliphatic rings. The highest BCUT2D eigenvalue weighted by molar-refractivity contribution is 6.68. The predicted molar refractivity (Wildman–Crippen MR) is 102 cm³/mol. The highest BCUT2D eigenvalue weighted by Crippen LogP contribution is 2.36. The minimum absolute atomic E-state index is 0.125. The van der Waals surface area contributed by atoms with Crippen LogP contribution in [0.2, 0.25) is 10.0 Å². The van der Waals surface area contributed by atoms with Crippen LogP contribution >= 0.6 is 58.0 Å². The average molecular weight is 459 g/mol. The van der Waals surface area contributed by atoms with Gasteiger partial charge < -0.3 is 10.1 Å². The molecule has 2 aromatic carbocycles. The van der Waals surface area contributed by atoms with Crippen LogP contribution in [-0.2, 0) is 0 Å². The molecule has 138 valence electrons. The molecule has 0 heterocycles. The summed E-state index contributed by atoms with van der Waals surface area (Å²) in [5.74, 6) is -0.860. The van der Waals surface area contributed by atoms with E-state index in [1.807, 2.05) is 0 Å². The van der Waals surface area contributed by atoms with Crippen LogP contribution in [-0.4, -0.2) is 20.9 Å². The second-order valence-corrected chi connectivity index (χ2v) is 8.13. The number of benzene rings is 2. The summed E-state index contributed by atoms with van der Waals surface area (Å²) in [5.41, 5.74) is -0.222. The van der Waals surface area contributed by atoms with E-state index in [9.17, 15) is 14.9 Å². The van der Waals surface area contributed by atoms with E-state index in [2.05, 4.69) is 5.32 Å². The van der Waals surface area contributed by atoms with Gasteiger partial charge in [0.05, 0.1) is 4.92 Å². The topological polar surface area (TPSA) is 81.5 Å². The number of halogens is 5. The molecule has 2 rings (SSSR count). The van der Waals surface area contributed by atoms with E-state index in [0.717, 1.165) is 6.07 Å². The van der Waals surface area contributed by atoms with Gasteiger partial charge in [-0.1, -0.05) is 58.0 Å². The summed E-state index contributed by atoms with van der Waals surface area (Å²) in [4.78, 5) is 22.7. The first-order chi connectivity index (χ1) is 12.1. The number of nitrogens with one attached hydrogen (secondary N) is 1. The van der Waals surface area contributed by atoms with Gasteiger partial charge in [0.25, 0.3) is 5.91 Å². The first-order valence-electron chi connectivity index (χ1n) is 6.81. The maximum absolute atomic E-state index is 12.3. The van der Waals surface area contributed by atoms with Gasteiger partial charge in [0.15, 0.2) is 5.75 Å². The third kappa shape index (κ3) is 5.53. The van der Waals surface area contributed by atoms with Crippen molar-refractivity contribution in [1.29, 1.82) is 0 Å². The lowest BCUT2D eigenvalue weighted by molar-refractivity contribution is -0.386. The molecule has 2 aromatic rings. The zero-order chi connectivity index (χ0) is 19.5. The molecular weight excluding hydrogens is 449 g/mol. The molecule has 26 heavy (non-hydrogen) atoms. The minimum atomic E-state index is -2.12. The summed E-state index contributed by atoms with van der Waals surface area (Å²) in [6.07, 6.45) is -1.52. The van der Waals surface area contributed by atoms with Crippen LogP contribution in [0, 0.1) is 10.1 Å². The molecule has 0 aromatic heterocycles. The quantitative estimate of drug-likeness (QED) is 0.281. The van der Waals surface area contributed by atoms with E-state index in [0.29, 0.717) is 5.02 Å². The summed E-state index contributed by atoms with van der Waals surface area (Å²) in [7, 11) is 0. The van der Waals surface area contributed by atoms with Gasteiger partial charge in [-0.3, -0.25) is 14.9 Å². The molecule has 6 nitrogen and oxygen atoms in total. The van der Waals surface area contributed by atoms with E-state index in [1.165, 1.54) is 36.4 Å². The molecule has 1 atom stereocenters. The molecule has 0 aliphatic heterocycles. The van der Waals surface area contributed by atoms with Crippen molar-refractivity contribution in [1.82, 2.24) is 5.32 Å². The Kier molecular flexibility index (Phi) is 6.82. The molecule has 0 fully saturated rings. The van der Waals surface area contributed by atoms with Gasteiger partial charge in [0, 0.05) is 21.7 Å². The maximum atomic E-state index is 12.3. The molecular formula is C15H9Cl5N2O4. The molecule has 0 saturated heterocycles. The average Bonchev–Trinajstić information content (AvgIpc) is 2.55. The van der Waals surface area contributed by atoms with Crippen molar-refractivity contribution in [2.24, 2.45) is 0 Å². The fourth-order valence-electron chi connectivity index (χ4n) is 1.84. The zero-order valence-electron chi connectivity index (χ0n) is 12.6. The maximum Gasteiger partial charge on any atom is 0.312 e. The van der Waals surface area contributed by atoms with Gasteiger partial charge in [0.1, 0.15) is 0 Å². The number of carbonyl (C=O) groups is 1. The van der Waals surface area contributed by atoms with Crippen LogP contribution in [0.1, 0.15) is 10.4 Å². The Balaban J connectivity index is 2.28. The fraction of sp³-hybridized carbons (Fsp3) is 0.133. The third-order valence-corrected chi connectivity index (χ3v) is 4.11. The standard InChI is InChI=1S/C15H9Cl5N2O4/c16-9-3-1-8(2-4-9)13(23)21-14(15(18,19)20)26-12-6-5-10(17)7-11(12)22(24)25/h1-7,14H,(H,21,23). The number of alkyl halides is 3. The Labute approximate surface area is 173 Å². The molecule has 0 bridgehead atoms. The molecule has 1 unspecified atom stereocenters. The monoisotopic (exact) mass is 456 g/mol. The van der Waals surface area contributed by atoms with E-state index < -0.39 is 26.5 Å². The molecule has 11 heteroatoms. The fourth-order valence-corrected chi connectivity index (χ4v) is 2.43. The second-order valence-electron chi connectivity index (χ2n) is 4.89. The Morgan fingerprint density at radius 3 is 2.19 bits per heavy atom. The summed E-state index contributed by atoms with van der Waals surface area (Å²) < 4.78 is 3.27. The van der Waals surface area contributed by atoms with Crippen molar-refractivity contribution in [2.75, 3.05) is 0 Å². The first kappa shape index (κ1) is 20.9. The predicted octanol–water partition coefficient (Wildman–Crippen LogP) is 5.41. The van der Waals surface area contributed by atoms with Crippen molar-refractivity contribution in [3.8, 4) is 5.75 Å². The number of nitro benzene ring substituents is 1. The number of amides is 1. The van der Waals surface area contributed by atoms with Gasteiger partial charge in [-0.2, -0.15) is 0 Å². The van der Waals surface area contributed by atoms with Crippen molar-refractivity contribution in [2.45, 2.75) is 10.0 Å². The third-order valence-electron chi connectivity index (χ3n) is 3.03. The summed E-state index contributed by atoms with van der Waals surface area (Å²) in [6, 6.07) is 9.60. The summed E-state index contributed by atoms with van der Waals surface area (Å²) >= 11 is 29.0. The molecule has 1 N–H and O–H groups in total. The van der Waals surface area contributed by atoms with Crippen LogP contribution in [0.3, 0.4) is 0 Å². The summed E-state index contributed by atoms with van der Waals surface area (Å²) in [6.45, 7) is 0. The van der Waals surface area contributed by atoms with Crippen molar-refractivity contribution in [3.05, 3.63) is 68.2 Å². The Bertz CT molecular complexity index is 824. The van der Waals surface area contributed by atoms with Crippen molar-refractivity contribution >= 4 is 69.6 Å². The van der Waals surface area contributed by atoms with E-state index in [4.69, 9.17) is 62.7 Å². The number of rotatable bonds is 5. The highest BCUT2D eigenvalue weighted by atomic mass is 35.6. The second kappa shape index (κ2) is 8.50. The van der Waals surface area contributed by atoms with Crippen molar-refractivity contribution < 1.29 is 14.5 Å². The Morgan fingerprint density at radius 2 is 1.65 bits per heavy atom. The van der Waals surface area contributed by atoms with Crippen molar-refractivity contribution in [3.63, 3.8) is 0 Å². The molecule has 0 saturated carbocycles. The lowest BCUT2D eigenvalue weighted by atomic mass is 10.2. The van der Waals surface area contributed by atoms with Crippen LogP contribution < -0.4 is 10.1 Å². The normalized spacial score (nSPS) is 12.3. The van der Waals surface area contributed by atoms with E-state index >= 15 is 0 Å². The molecule has 0 radical (unpaired) electrons. The van der Waals surface area contributed by atoms with Crippen LogP contribution in [0.4, 0.5) is 5.69 Å². The lowest BCUT2D eigenvalue weighted by Gasteiger charge is -2.26. The number of ether oxygens (including phenoxy) is 1. The number of nitro groups is 1. The van der Waals surface area contributed by atoms with Gasteiger partial charge in [0.2, 0.25) is 10.0 Å². The van der Waals surface area contributed by atoms with Gasteiger partial charge in [-0.15, -0.1) is 0 Å². The SMILES string of the molecule is O=C(NC(Oc1ccc(Cl)cc1[N+](=O)[O-])C(Cl)(Cl)Cl)c1ccc(Cl)cc1. The number of carbonyl (C=O) groups excluding carboxylic acids is 1. The largest absolute Gasteiger partial charge is 0.459 e. The number of nitrogens with zero attached hydrogens (tertiary/aromatic N) is 1. The molecule has 0 aliphatic carbocycles.